The molecule has 7 heteroatoms. The van der Waals surface area contributed by atoms with Crippen molar-refractivity contribution in [3.63, 3.8) is 0 Å². The summed E-state index contributed by atoms with van der Waals surface area (Å²) in [7, 11) is 1.67. The van der Waals surface area contributed by atoms with Gasteiger partial charge in [0.15, 0.2) is 0 Å². The van der Waals surface area contributed by atoms with Gasteiger partial charge in [-0.2, -0.15) is 0 Å². The minimum absolute atomic E-state index is 0. The number of fused-ring (bicyclic) bond motifs is 1. The lowest BCUT2D eigenvalue weighted by molar-refractivity contribution is 0.415. The predicted molar refractivity (Wildman–Crippen MR) is 94.9 cm³/mol. The number of hydrogen-bond acceptors (Lipinski definition) is 4. The molecule has 0 amide bonds. The Bertz CT molecular complexity index is 540. The van der Waals surface area contributed by atoms with E-state index in [1.165, 1.54) is 0 Å². The van der Waals surface area contributed by atoms with Gasteiger partial charge in [-0.3, -0.25) is 4.98 Å². The Kier molecular flexibility index (Phi) is 10.3. The number of hydrogen-bond donors (Lipinski definition) is 2. The molecule has 0 fully saturated rings. The maximum atomic E-state index is 5.60. The number of ether oxygens (including phenoxy) is 1. The first kappa shape index (κ1) is 20.1. The van der Waals surface area contributed by atoms with E-state index in [-0.39, 0.29) is 24.8 Å². The van der Waals surface area contributed by atoms with Gasteiger partial charge in [0.2, 0.25) is 0 Å². The number of nitrogens with one attached hydrogen (secondary N) is 2. The number of halogens is 3. The van der Waals surface area contributed by atoms with Crippen molar-refractivity contribution in [2.24, 2.45) is 0 Å². The summed E-state index contributed by atoms with van der Waals surface area (Å²) >= 11 is 5.60. The average molecular weight is 353 g/mol. The molecule has 0 bridgehead atoms. The lowest BCUT2D eigenvalue weighted by Gasteiger charge is -2.10. The van der Waals surface area contributed by atoms with Gasteiger partial charge in [0.1, 0.15) is 5.75 Å². The number of nitrogens with zero attached hydrogens (tertiary/aromatic N) is 1. The second kappa shape index (κ2) is 10.7. The fourth-order valence-corrected chi connectivity index (χ4v) is 2.02. The molecule has 0 spiro atoms. The first-order chi connectivity index (χ1) is 9.35. The summed E-state index contributed by atoms with van der Waals surface area (Å²) in [5, 5.41) is 7.71. The molecule has 0 radical (unpaired) electrons. The molecule has 0 saturated carbocycles. The average Bonchev–Trinajstić information content (AvgIpc) is 2.46. The van der Waals surface area contributed by atoms with Crippen molar-refractivity contribution < 1.29 is 4.74 Å². The van der Waals surface area contributed by atoms with Gasteiger partial charge in [0, 0.05) is 42.8 Å². The molecule has 2 aromatic rings. The Labute approximate surface area is 142 Å². The number of anilines is 1. The minimum Gasteiger partial charge on any atom is -0.497 e. The van der Waals surface area contributed by atoms with Gasteiger partial charge in [-0.15, -0.1) is 36.4 Å². The molecule has 0 aliphatic carbocycles. The van der Waals surface area contributed by atoms with E-state index in [2.05, 4.69) is 15.6 Å². The predicted octanol–water partition coefficient (Wildman–Crippen LogP) is 3.33. The van der Waals surface area contributed by atoms with Gasteiger partial charge in [-0.1, -0.05) is 0 Å². The largest absolute Gasteiger partial charge is 0.497 e. The van der Waals surface area contributed by atoms with E-state index in [1.54, 1.807) is 7.11 Å². The summed E-state index contributed by atoms with van der Waals surface area (Å²) in [5.74, 6) is 1.47. The molecule has 0 aliphatic heterocycles. The first-order valence-corrected chi connectivity index (χ1v) is 6.82. The zero-order valence-corrected chi connectivity index (χ0v) is 14.2. The second-order valence-corrected chi connectivity index (χ2v) is 4.49. The lowest BCUT2D eigenvalue weighted by atomic mass is 10.2. The van der Waals surface area contributed by atoms with E-state index in [0.717, 1.165) is 42.0 Å². The third kappa shape index (κ3) is 5.75. The fourth-order valence-electron chi connectivity index (χ4n) is 1.88. The standard InChI is InChI=1S/C14H18ClN3O.2ClH/c1-19-11-2-3-13-12(10-11)14(4-6-17-13)18-9-8-16-7-5-15;;/h2-4,6,10,16H,5,7-9H2,1H3,(H,17,18);2*1H. The van der Waals surface area contributed by atoms with Crippen LogP contribution in [-0.2, 0) is 0 Å². The molecule has 0 saturated heterocycles. The quantitative estimate of drug-likeness (QED) is 0.593. The monoisotopic (exact) mass is 351 g/mol. The molecular weight excluding hydrogens is 333 g/mol. The summed E-state index contributed by atoms with van der Waals surface area (Å²) in [6, 6.07) is 7.85. The summed E-state index contributed by atoms with van der Waals surface area (Å²) < 4.78 is 5.25. The van der Waals surface area contributed by atoms with Crippen LogP contribution in [0.1, 0.15) is 0 Å². The number of rotatable bonds is 7. The Morgan fingerprint density at radius 1 is 1.14 bits per heavy atom. The number of methoxy groups -OCH3 is 1. The van der Waals surface area contributed by atoms with Crippen molar-refractivity contribution in [3.8, 4) is 5.75 Å². The highest BCUT2D eigenvalue weighted by Crippen LogP contribution is 2.25. The van der Waals surface area contributed by atoms with Gasteiger partial charge < -0.3 is 15.4 Å². The third-order valence-corrected chi connectivity index (χ3v) is 3.03. The Hall–Kier alpha value is -0.940. The van der Waals surface area contributed by atoms with Crippen molar-refractivity contribution in [1.29, 1.82) is 0 Å². The third-order valence-electron chi connectivity index (χ3n) is 2.84. The van der Waals surface area contributed by atoms with Gasteiger partial charge >= 0.3 is 0 Å². The molecule has 2 rings (SSSR count). The fraction of sp³-hybridized carbons (Fsp3) is 0.357. The molecule has 0 aliphatic rings. The molecule has 21 heavy (non-hydrogen) atoms. The number of benzene rings is 1. The molecule has 0 atom stereocenters. The maximum absolute atomic E-state index is 5.60. The number of alkyl halides is 1. The van der Waals surface area contributed by atoms with E-state index < -0.39 is 0 Å². The van der Waals surface area contributed by atoms with Crippen molar-refractivity contribution >= 4 is 53.0 Å². The van der Waals surface area contributed by atoms with Crippen LogP contribution in [0, 0.1) is 0 Å². The normalized spacial score (nSPS) is 9.62. The summed E-state index contributed by atoms with van der Waals surface area (Å²) in [6.07, 6.45) is 1.81. The molecule has 0 unspecified atom stereocenters. The van der Waals surface area contributed by atoms with Crippen molar-refractivity contribution in [3.05, 3.63) is 30.5 Å². The van der Waals surface area contributed by atoms with E-state index in [4.69, 9.17) is 16.3 Å². The Balaban J connectivity index is 0.00000200. The zero-order chi connectivity index (χ0) is 13.5. The molecule has 4 nitrogen and oxygen atoms in total. The highest BCUT2D eigenvalue weighted by Gasteiger charge is 2.03. The molecule has 1 aromatic heterocycles. The van der Waals surface area contributed by atoms with E-state index >= 15 is 0 Å². The van der Waals surface area contributed by atoms with E-state index in [0.29, 0.717) is 5.88 Å². The van der Waals surface area contributed by atoms with Gasteiger partial charge in [0.05, 0.1) is 12.6 Å². The molecule has 1 heterocycles. The smallest absolute Gasteiger partial charge is 0.119 e. The molecule has 2 N–H and O–H groups in total. The van der Waals surface area contributed by atoms with Crippen LogP contribution in [0.25, 0.3) is 10.9 Å². The second-order valence-electron chi connectivity index (χ2n) is 4.11. The van der Waals surface area contributed by atoms with Crippen LogP contribution in [0.5, 0.6) is 5.75 Å². The summed E-state index contributed by atoms with van der Waals surface area (Å²) in [6.45, 7) is 2.54. The lowest BCUT2D eigenvalue weighted by Crippen LogP contribution is -2.23. The summed E-state index contributed by atoms with van der Waals surface area (Å²) in [4.78, 5) is 4.35. The van der Waals surface area contributed by atoms with Crippen molar-refractivity contribution in [2.75, 3.05) is 37.9 Å². The van der Waals surface area contributed by atoms with Crippen LogP contribution in [0.15, 0.2) is 30.5 Å². The SMILES string of the molecule is COc1ccc2nccc(NCCNCCCl)c2c1.Cl.Cl. The van der Waals surface area contributed by atoms with Gasteiger partial charge in [-0.05, 0) is 24.3 Å². The van der Waals surface area contributed by atoms with Gasteiger partial charge in [-0.25, -0.2) is 0 Å². The van der Waals surface area contributed by atoms with Crippen molar-refractivity contribution in [2.45, 2.75) is 0 Å². The van der Waals surface area contributed by atoms with Crippen LogP contribution in [0.4, 0.5) is 5.69 Å². The van der Waals surface area contributed by atoms with Crippen LogP contribution in [-0.4, -0.2) is 37.6 Å². The Morgan fingerprint density at radius 3 is 2.67 bits per heavy atom. The topological polar surface area (TPSA) is 46.2 Å². The van der Waals surface area contributed by atoms with Crippen molar-refractivity contribution in [1.82, 2.24) is 10.3 Å². The van der Waals surface area contributed by atoms with Crippen LogP contribution in [0.2, 0.25) is 0 Å². The highest BCUT2D eigenvalue weighted by molar-refractivity contribution is 6.18. The Morgan fingerprint density at radius 2 is 1.95 bits per heavy atom. The van der Waals surface area contributed by atoms with Gasteiger partial charge in [0.25, 0.3) is 0 Å². The molecule has 118 valence electrons. The van der Waals surface area contributed by atoms with E-state index in [9.17, 15) is 0 Å². The van der Waals surface area contributed by atoms with Crippen LogP contribution < -0.4 is 15.4 Å². The van der Waals surface area contributed by atoms with E-state index in [1.807, 2.05) is 30.5 Å². The maximum Gasteiger partial charge on any atom is 0.119 e. The van der Waals surface area contributed by atoms with Crippen LogP contribution in [0.3, 0.4) is 0 Å². The zero-order valence-electron chi connectivity index (χ0n) is 11.8. The molecular formula is C14H20Cl3N3O. The number of pyridine rings is 1. The molecule has 1 aromatic carbocycles. The first-order valence-electron chi connectivity index (χ1n) is 6.28. The summed E-state index contributed by atoms with van der Waals surface area (Å²) in [5.41, 5.74) is 2.02. The minimum atomic E-state index is 0. The number of aromatic nitrogens is 1. The van der Waals surface area contributed by atoms with Crippen LogP contribution >= 0.6 is 36.4 Å². The highest BCUT2D eigenvalue weighted by atomic mass is 35.5.